The number of hydrogen-bond acceptors (Lipinski definition) is 2. The molecule has 82 valence electrons. The number of rotatable bonds is 1. The second-order valence-corrected chi connectivity index (χ2v) is 4.49. The third-order valence-electron chi connectivity index (χ3n) is 2.99. The van der Waals surface area contributed by atoms with Crippen LogP contribution in [0, 0.1) is 6.92 Å². The van der Waals surface area contributed by atoms with Gasteiger partial charge in [-0.15, -0.1) is 0 Å². The predicted octanol–water partition coefficient (Wildman–Crippen LogP) is 2.01. The molecule has 1 aromatic heterocycles. The van der Waals surface area contributed by atoms with Gasteiger partial charge in [-0.25, -0.2) is 0 Å². The molecule has 1 atom stereocenters. The van der Waals surface area contributed by atoms with Crippen LogP contribution in [-0.4, -0.2) is 15.8 Å². The average molecular weight is 205 g/mol. The second-order valence-electron chi connectivity index (χ2n) is 4.49. The highest BCUT2D eigenvalue weighted by Gasteiger charge is 2.13. The molecule has 3 nitrogen and oxygen atoms in total. The number of nitrogens with two attached hydrogens (primary N) is 1. The molecule has 0 saturated heterocycles. The Kier molecular flexibility index (Phi) is 2.91. The molecule has 15 heavy (non-hydrogen) atoms. The van der Waals surface area contributed by atoms with Crippen LogP contribution in [0.15, 0.2) is 11.6 Å². The van der Waals surface area contributed by atoms with Gasteiger partial charge in [0.05, 0.1) is 11.4 Å². The molecule has 0 radical (unpaired) electrons. The predicted molar refractivity (Wildman–Crippen MR) is 62.4 cm³/mol. The van der Waals surface area contributed by atoms with Gasteiger partial charge in [-0.05, 0) is 44.7 Å². The molecule has 0 bridgehead atoms. The normalized spacial score (nSPS) is 24.7. The zero-order valence-electron chi connectivity index (χ0n) is 9.53. The number of nitrogens with zero attached hydrogens (tertiary/aromatic N) is 2. The Bertz CT molecular complexity index is 376. The fourth-order valence-electron chi connectivity index (χ4n) is 2.24. The van der Waals surface area contributed by atoms with E-state index < -0.39 is 0 Å². The van der Waals surface area contributed by atoms with E-state index in [2.05, 4.69) is 17.2 Å². The molecule has 2 N–H and O–H groups in total. The molecular formula is C12H19N3. The van der Waals surface area contributed by atoms with Crippen LogP contribution in [0.4, 0.5) is 0 Å². The van der Waals surface area contributed by atoms with Crippen molar-refractivity contribution in [2.24, 2.45) is 12.8 Å². The standard InChI is InChI=1S/C12H19N3/c1-9-6-12(15(2)14-9)8-10-4-3-5-11(13)7-10/h6,8,11H,3-5,7,13H2,1-2H3. The van der Waals surface area contributed by atoms with Crippen molar-refractivity contribution in [2.75, 3.05) is 0 Å². The van der Waals surface area contributed by atoms with Crippen molar-refractivity contribution in [3.8, 4) is 0 Å². The summed E-state index contributed by atoms with van der Waals surface area (Å²) >= 11 is 0. The lowest BCUT2D eigenvalue weighted by molar-refractivity contribution is 0.520. The van der Waals surface area contributed by atoms with E-state index in [1.165, 1.54) is 30.5 Å². The molecule has 1 saturated carbocycles. The first-order chi connectivity index (χ1) is 7.15. The second kappa shape index (κ2) is 4.19. The fraction of sp³-hybridized carbons (Fsp3) is 0.583. The van der Waals surface area contributed by atoms with Gasteiger partial charge >= 0.3 is 0 Å². The summed E-state index contributed by atoms with van der Waals surface area (Å²) in [4.78, 5) is 0. The van der Waals surface area contributed by atoms with E-state index in [9.17, 15) is 0 Å². The van der Waals surface area contributed by atoms with Crippen LogP contribution >= 0.6 is 0 Å². The van der Waals surface area contributed by atoms with Gasteiger partial charge in [0, 0.05) is 13.1 Å². The van der Waals surface area contributed by atoms with Crippen LogP contribution in [0.2, 0.25) is 0 Å². The molecule has 0 spiro atoms. The summed E-state index contributed by atoms with van der Waals surface area (Å²) in [5, 5.41) is 4.34. The maximum Gasteiger partial charge on any atom is 0.0608 e. The number of aryl methyl sites for hydroxylation is 2. The molecule has 1 unspecified atom stereocenters. The molecule has 1 heterocycles. The molecule has 0 amide bonds. The summed E-state index contributed by atoms with van der Waals surface area (Å²) in [5.74, 6) is 0. The SMILES string of the molecule is Cc1cc(C=C2CCCC(N)C2)n(C)n1. The van der Waals surface area contributed by atoms with Crippen molar-refractivity contribution < 1.29 is 0 Å². The van der Waals surface area contributed by atoms with Crippen LogP contribution in [0.25, 0.3) is 6.08 Å². The molecule has 1 fully saturated rings. The first kappa shape index (κ1) is 10.4. The van der Waals surface area contributed by atoms with Gasteiger partial charge in [-0.1, -0.05) is 5.57 Å². The van der Waals surface area contributed by atoms with E-state index in [-0.39, 0.29) is 0 Å². The van der Waals surface area contributed by atoms with Crippen LogP contribution in [0.5, 0.6) is 0 Å². The Morgan fingerprint density at radius 1 is 1.60 bits per heavy atom. The summed E-state index contributed by atoms with van der Waals surface area (Å²) in [6.45, 7) is 2.02. The Hall–Kier alpha value is -1.09. The summed E-state index contributed by atoms with van der Waals surface area (Å²) in [5.41, 5.74) is 9.69. The first-order valence-corrected chi connectivity index (χ1v) is 5.61. The number of aromatic nitrogens is 2. The maximum atomic E-state index is 5.96. The van der Waals surface area contributed by atoms with E-state index in [0.29, 0.717) is 6.04 Å². The minimum Gasteiger partial charge on any atom is -0.327 e. The monoisotopic (exact) mass is 205 g/mol. The zero-order valence-corrected chi connectivity index (χ0v) is 9.53. The van der Waals surface area contributed by atoms with E-state index in [1.54, 1.807) is 0 Å². The van der Waals surface area contributed by atoms with Crippen LogP contribution in [0.1, 0.15) is 37.1 Å². The first-order valence-electron chi connectivity index (χ1n) is 5.61. The molecule has 0 aromatic carbocycles. The molecule has 3 heteroatoms. The van der Waals surface area contributed by atoms with Gasteiger partial charge in [-0.3, -0.25) is 4.68 Å². The fourth-order valence-corrected chi connectivity index (χ4v) is 2.24. The Morgan fingerprint density at radius 3 is 3.00 bits per heavy atom. The van der Waals surface area contributed by atoms with Gasteiger partial charge in [-0.2, -0.15) is 5.10 Å². The largest absolute Gasteiger partial charge is 0.327 e. The van der Waals surface area contributed by atoms with Gasteiger partial charge in [0.15, 0.2) is 0 Å². The van der Waals surface area contributed by atoms with Gasteiger partial charge < -0.3 is 5.73 Å². The summed E-state index contributed by atoms with van der Waals surface area (Å²) in [6.07, 6.45) is 6.88. The smallest absolute Gasteiger partial charge is 0.0608 e. The molecule has 0 aliphatic heterocycles. The molecule has 1 aromatic rings. The van der Waals surface area contributed by atoms with Crippen molar-refractivity contribution in [3.05, 3.63) is 23.0 Å². The molecule has 2 rings (SSSR count). The van der Waals surface area contributed by atoms with Crippen LogP contribution in [-0.2, 0) is 7.05 Å². The molecule has 1 aliphatic carbocycles. The maximum absolute atomic E-state index is 5.96. The number of hydrogen-bond donors (Lipinski definition) is 1. The third kappa shape index (κ3) is 2.48. The Morgan fingerprint density at radius 2 is 2.40 bits per heavy atom. The minimum absolute atomic E-state index is 0.360. The Labute approximate surface area is 91.0 Å². The van der Waals surface area contributed by atoms with Crippen molar-refractivity contribution >= 4 is 6.08 Å². The van der Waals surface area contributed by atoms with Gasteiger partial charge in [0.25, 0.3) is 0 Å². The van der Waals surface area contributed by atoms with Crippen molar-refractivity contribution in [3.63, 3.8) is 0 Å². The zero-order chi connectivity index (χ0) is 10.8. The average Bonchev–Trinajstić information content (AvgIpc) is 2.45. The topological polar surface area (TPSA) is 43.8 Å². The van der Waals surface area contributed by atoms with Gasteiger partial charge in [0.2, 0.25) is 0 Å². The molecular weight excluding hydrogens is 186 g/mol. The van der Waals surface area contributed by atoms with Crippen LogP contribution in [0.3, 0.4) is 0 Å². The molecule has 1 aliphatic rings. The highest BCUT2D eigenvalue weighted by atomic mass is 15.3. The van der Waals surface area contributed by atoms with Crippen LogP contribution < -0.4 is 5.73 Å². The lowest BCUT2D eigenvalue weighted by Crippen LogP contribution is -2.23. The van der Waals surface area contributed by atoms with E-state index in [0.717, 1.165) is 12.1 Å². The quantitative estimate of drug-likeness (QED) is 0.762. The van der Waals surface area contributed by atoms with Gasteiger partial charge in [0.1, 0.15) is 0 Å². The van der Waals surface area contributed by atoms with E-state index in [1.807, 2.05) is 18.7 Å². The van der Waals surface area contributed by atoms with E-state index >= 15 is 0 Å². The van der Waals surface area contributed by atoms with E-state index in [4.69, 9.17) is 5.73 Å². The summed E-state index contributed by atoms with van der Waals surface area (Å²) in [6, 6.07) is 2.48. The highest BCUT2D eigenvalue weighted by Crippen LogP contribution is 2.24. The van der Waals surface area contributed by atoms with Crippen molar-refractivity contribution in [1.29, 1.82) is 0 Å². The summed E-state index contributed by atoms with van der Waals surface area (Å²) in [7, 11) is 1.99. The third-order valence-corrected chi connectivity index (χ3v) is 2.99. The lowest BCUT2D eigenvalue weighted by Gasteiger charge is -2.20. The lowest BCUT2D eigenvalue weighted by atomic mass is 9.90. The Balaban J connectivity index is 2.18. The minimum atomic E-state index is 0.360. The van der Waals surface area contributed by atoms with Crippen molar-refractivity contribution in [1.82, 2.24) is 9.78 Å². The summed E-state index contributed by atoms with van der Waals surface area (Å²) < 4.78 is 1.93. The van der Waals surface area contributed by atoms with Crippen molar-refractivity contribution in [2.45, 2.75) is 38.6 Å². The highest BCUT2D eigenvalue weighted by molar-refractivity contribution is 5.50.